The Bertz CT molecular complexity index is 598. The van der Waals surface area contributed by atoms with E-state index in [1.54, 1.807) is 36.2 Å². The van der Waals surface area contributed by atoms with Gasteiger partial charge in [-0.15, -0.1) is 0 Å². The number of nitrogens with zero attached hydrogens (tertiary/aromatic N) is 1. The van der Waals surface area contributed by atoms with Crippen molar-refractivity contribution < 1.29 is 9.18 Å². The summed E-state index contributed by atoms with van der Waals surface area (Å²) >= 11 is 5.89. The Hall–Kier alpha value is -1.87. The molecule has 0 atom stereocenters. The summed E-state index contributed by atoms with van der Waals surface area (Å²) in [7, 11) is 1.73. The Morgan fingerprint density at radius 2 is 1.85 bits per heavy atom. The lowest BCUT2D eigenvalue weighted by Crippen LogP contribution is -2.27. The number of likely N-dealkylation sites (N-methyl/N-ethyl adjacent to an activating group) is 1. The molecule has 0 fully saturated rings. The van der Waals surface area contributed by atoms with Crippen LogP contribution in [0, 0.1) is 5.82 Å². The van der Waals surface area contributed by atoms with Crippen molar-refractivity contribution in [2.45, 2.75) is 13.0 Å². The first-order valence-corrected chi connectivity index (χ1v) is 6.65. The summed E-state index contributed by atoms with van der Waals surface area (Å²) in [6, 6.07) is 13.4. The number of halogens is 2. The highest BCUT2D eigenvalue weighted by Crippen LogP contribution is 2.12. The molecule has 1 amide bonds. The van der Waals surface area contributed by atoms with Crippen LogP contribution >= 0.6 is 11.6 Å². The van der Waals surface area contributed by atoms with Crippen LogP contribution in [0.5, 0.6) is 0 Å². The molecule has 0 saturated carbocycles. The maximum absolute atomic E-state index is 12.8. The van der Waals surface area contributed by atoms with Crippen LogP contribution in [0.4, 0.5) is 4.39 Å². The summed E-state index contributed by atoms with van der Waals surface area (Å²) < 4.78 is 12.8. The van der Waals surface area contributed by atoms with Crippen LogP contribution in [0.25, 0.3) is 0 Å². The monoisotopic (exact) mass is 291 g/mol. The second-order valence-corrected chi connectivity index (χ2v) is 5.12. The summed E-state index contributed by atoms with van der Waals surface area (Å²) in [5.41, 5.74) is 1.78. The number of carbonyl (C=O) groups is 1. The fraction of sp³-hybridized carbons (Fsp3) is 0.188. The summed E-state index contributed by atoms with van der Waals surface area (Å²) in [5, 5.41) is 0.622. The molecule has 0 aliphatic carbocycles. The molecule has 0 spiro atoms. The molecule has 4 heteroatoms. The average Bonchev–Trinajstić information content (AvgIpc) is 2.41. The number of amides is 1. The van der Waals surface area contributed by atoms with Gasteiger partial charge in [-0.25, -0.2) is 4.39 Å². The molecule has 20 heavy (non-hydrogen) atoms. The van der Waals surface area contributed by atoms with Gasteiger partial charge in [0.15, 0.2) is 0 Å². The lowest BCUT2D eigenvalue weighted by molar-refractivity contribution is -0.129. The molecule has 2 nitrogen and oxygen atoms in total. The van der Waals surface area contributed by atoms with Crippen LogP contribution in [0.2, 0.25) is 5.02 Å². The normalized spacial score (nSPS) is 10.3. The van der Waals surface area contributed by atoms with Gasteiger partial charge in [-0.2, -0.15) is 0 Å². The zero-order valence-electron chi connectivity index (χ0n) is 11.1. The Labute approximate surface area is 122 Å². The predicted octanol–water partition coefficient (Wildman–Crippen LogP) is 3.68. The fourth-order valence-corrected chi connectivity index (χ4v) is 2.12. The largest absolute Gasteiger partial charge is 0.341 e. The van der Waals surface area contributed by atoms with Crippen molar-refractivity contribution in [1.82, 2.24) is 4.90 Å². The van der Waals surface area contributed by atoms with Crippen LogP contribution in [0.3, 0.4) is 0 Å². The van der Waals surface area contributed by atoms with Gasteiger partial charge < -0.3 is 4.90 Å². The molecule has 0 unspecified atom stereocenters. The van der Waals surface area contributed by atoms with E-state index >= 15 is 0 Å². The van der Waals surface area contributed by atoms with E-state index in [1.165, 1.54) is 12.1 Å². The van der Waals surface area contributed by atoms with Crippen LogP contribution in [0.15, 0.2) is 48.5 Å². The number of rotatable bonds is 4. The van der Waals surface area contributed by atoms with E-state index in [-0.39, 0.29) is 11.7 Å². The number of benzene rings is 2. The molecule has 0 aliphatic heterocycles. The summed E-state index contributed by atoms with van der Waals surface area (Å²) in [6.07, 6.45) is 0.304. The maximum atomic E-state index is 12.8. The first-order chi connectivity index (χ1) is 9.54. The highest BCUT2D eigenvalue weighted by molar-refractivity contribution is 6.30. The van der Waals surface area contributed by atoms with Crippen molar-refractivity contribution in [2.24, 2.45) is 0 Å². The third kappa shape index (κ3) is 4.07. The standard InChI is InChI=1S/C16H15ClFNO/c1-19(11-12-5-7-15(18)8-6-12)16(20)10-13-3-2-4-14(17)9-13/h2-9H,10-11H2,1H3. The van der Waals surface area contributed by atoms with E-state index in [1.807, 2.05) is 12.1 Å². The molecule has 0 saturated heterocycles. The average molecular weight is 292 g/mol. The van der Waals surface area contributed by atoms with Crippen LogP contribution in [0.1, 0.15) is 11.1 Å². The van der Waals surface area contributed by atoms with Gasteiger partial charge in [-0.1, -0.05) is 35.9 Å². The quantitative estimate of drug-likeness (QED) is 0.841. The lowest BCUT2D eigenvalue weighted by Gasteiger charge is -2.17. The Balaban J connectivity index is 1.96. The van der Waals surface area contributed by atoms with Gasteiger partial charge >= 0.3 is 0 Å². The molecule has 2 aromatic rings. The molecule has 2 aromatic carbocycles. The van der Waals surface area contributed by atoms with Gasteiger partial charge in [0.25, 0.3) is 0 Å². The molecule has 0 radical (unpaired) electrons. The van der Waals surface area contributed by atoms with E-state index in [0.717, 1.165) is 11.1 Å². The molecule has 0 heterocycles. The highest BCUT2D eigenvalue weighted by atomic mass is 35.5. The fourth-order valence-electron chi connectivity index (χ4n) is 1.91. The van der Waals surface area contributed by atoms with Gasteiger partial charge in [0.1, 0.15) is 5.82 Å². The summed E-state index contributed by atoms with van der Waals surface area (Å²) in [5.74, 6) is -0.279. The second kappa shape index (κ2) is 6.53. The van der Waals surface area contributed by atoms with Crippen molar-refractivity contribution in [2.75, 3.05) is 7.05 Å². The molecule has 104 valence electrons. The predicted molar refractivity (Wildman–Crippen MR) is 78.0 cm³/mol. The Morgan fingerprint density at radius 1 is 1.15 bits per heavy atom. The highest BCUT2D eigenvalue weighted by Gasteiger charge is 2.10. The van der Waals surface area contributed by atoms with E-state index < -0.39 is 0 Å². The maximum Gasteiger partial charge on any atom is 0.227 e. The minimum Gasteiger partial charge on any atom is -0.341 e. The topological polar surface area (TPSA) is 20.3 Å². The van der Waals surface area contributed by atoms with Gasteiger partial charge in [0, 0.05) is 18.6 Å². The van der Waals surface area contributed by atoms with Gasteiger partial charge in [0.2, 0.25) is 5.91 Å². The van der Waals surface area contributed by atoms with Crippen molar-refractivity contribution >= 4 is 17.5 Å². The third-order valence-electron chi connectivity index (χ3n) is 3.00. The zero-order valence-corrected chi connectivity index (χ0v) is 11.9. The molecule has 0 bridgehead atoms. The summed E-state index contributed by atoms with van der Waals surface area (Å²) in [6.45, 7) is 0.458. The minimum absolute atomic E-state index is 0.00316. The number of hydrogen-bond acceptors (Lipinski definition) is 1. The third-order valence-corrected chi connectivity index (χ3v) is 3.24. The van der Waals surface area contributed by atoms with Crippen molar-refractivity contribution in [1.29, 1.82) is 0 Å². The van der Waals surface area contributed by atoms with Crippen molar-refractivity contribution in [3.8, 4) is 0 Å². The lowest BCUT2D eigenvalue weighted by atomic mass is 10.1. The Morgan fingerprint density at radius 3 is 2.50 bits per heavy atom. The van der Waals surface area contributed by atoms with Gasteiger partial charge in [0.05, 0.1) is 6.42 Å². The van der Waals surface area contributed by atoms with Crippen LogP contribution in [-0.2, 0) is 17.8 Å². The molecular weight excluding hydrogens is 277 g/mol. The van der Waals surface area contributed by atoms with E-state index in [0.29, 0.717) is 18.0 Å². The van der Waals surface area contributed by atoms with Gasteiger partial charge in [-0.3, -0.25) is 4.79 Å². The van der Waals surface area contributed by atoms with E-state index in [4.69, 9.17) is 11.6 Å². The smallest absolute Gasteiger partial charge is 0.227 e. The number of carbonyl (C=O) groups excluding carboxylic acids is 1. The van der Waals surface area contributed by atoms with Crippen LogP contribution < -0.4 is 0 Å². The van der Waals surface area contributed by atoms with Gasteiger partial charge in [-0.05, 0) is 35.4 Å². The summed E-state index contributed by atoms with van der Waals surface area (Å²) in [4.78, 5) is 13.7. The molecule has 2 rings (SSSR count). The zero-order chi connectivity index (χ0) is 14.5. The van der Waals surface area contributed by atoms with E-state index in [2.05, 4.69) is 0 Å². The second-order valence-electron chi connectivity index (χ2n) is 4.68. The molecular formula is C16H15ClFNO. The minimum atomic E-state index is -0.276. The first-order valence-electron chi connectivity index (χ1n) is 6.27. The molecule has 0 aromatic heterocycles. The molecule has 0 aliphatic rings. The Kier molecular flexibility index (Phi) is 4.74. The van der Waals surface area contributed by atoms with Crippen molar-refractivity contribution in [3.05, 3.63) is 70.5 Å². The number of hydrogen-bond donors (Lipinski definition) is 0. The van der Waals surface area contributed by atoms with Crippen LogP contribution in [-0.4, -0.2) is 17.9 Å². The van der Waals surface area contributed by atoms with E-state index in [9.17, 15) is 9.18 Å². The molecule has 0 N–H and O–H groups in total. The first kappa shape index (κ1) is 14.5. The van der Waals surface area contributed by atoms with Crippen molar-refractivity contribution in [3.63, 3.8) is 0 Å². The SMILES string of the molecule is CN(Cc1ccc(F)cc1)C(=O)Cc1cccc(Cl)c1.